The number of fused-ring (bicyclic) bond motifs is 2. The van der Waals surface area contributed by atoms with Crippen molar-refractivity contribution >= 4 is 17.9 Å². The van der Waals surface area contributed by atoms with Gasteiger partial charge in [0.15, 0.2) is 5.92 Å². The Labute approximate surface area is 159 Å². The number of likely N-dealkylation sites (tertiary alicyclic amines) is 1. The van der Waals surface area contributed by atoms with E-state index in [1.807, 2.05) is 25.2 Å². The van der Waals surface area contributed by atoms with Gasteiger partial charge in [-0.05, 0) is 57.2 Å². The second-order valence-corrected chi connectivity index (χ2v) is 7.97. The summed E-state index contributed by atoms with van der Waals surface area (Å²) in [6.07, 6.45) is 6.93. The third kappa shape index (κ3) is 4.05. The number of nitrogens with zero attached hydrogens (tertiary/aromatic N) is 4. The Balaban J connectivity index is 1.66. The van der Waals surface area contributed by atoms with Crippen molar-refractivity contribution in [1.29, 1.82) is 0 Å². The molecule has 1 aromatic rings. The van der Waals surface area contributed by atoms with Crippen molar-refractivity contribution in [2.75, 3.05) is 38.6 Å². The second-order valence-electron chi connectivity index (χ2n) is 7.97. The van der Waals surface area contributed by atoms with E-state index in [-0.39, 0.29) is 11.8 Å². The Hall–Kier alpha value is -2.22. The maximum atomic E-state index is 11.0. The van der Waals surface area contributed by atoms with Gasteiger partial charge in [0.25, 0.3) is 0 Å². The molecule has 8 nitrogen and oxygen atoms in total. The van der Waals surface area contributed by atoms with E-state index in [1.165, 1.54) is 11.3 Å². The van der Waals surface area contributed by atoms with Crippen LogP contribution in [0.3, 0.4) is 0 Å². The summed E-state index contributed by atoms with van der Waals surface area (Å²) in [5.41, 5.74) is 2.44. The molecule has 148 valence electrons. The van der Waals surface area contributed by atoms with Gasteiger partial charge in [0.1, 0.15) is 0 Å². The average molecular weight is 376 g/mol. The van der Waals surface area contributed by atoms with Gasteiger partial charge in [-0.25, -0.2) is 9.97 Å². The fourth-order valence-electron chi connectivity index (χ4n) is 4.43. The maximum absolute atomic E-state index is 11.0. The molecule has 1 fully saturated rings. The summed E-state index contributed by atoms with van der Waals surface area (Å²) < 4.78 is 0. The number of hydrogen-bond acceptors (Lipinski definition) is 6. The summed E-state index contributed by atoms with van der Waals surface area (Å²) in [5.74, 6) is -3.09. The average Bonchev–Trinajstić information content (AvgIpc) is 2.95. The minimum atomic E-state index is -1.31. The molecule has 2 aliphatic rings. The highest BCUT2D eigenvalue weighted by molar-refractivity contribution is 5.92. The zero-order valence-corrected chi connectivity index (χ0v) is 16.0. The molecule has 0 amide bonds. The molecule has 0 saturated carbocycles. The van der Waals surface area contributed by atoms with Gasteiger partial charge in [-0.15, -0.1) is 0 Å². The summed E-state index contributed by atoms with van der Waals surface area (Å²) >= 11 is 0. The van der Waals surface area contributed by atoms with Crippen LogP contribution in [0.1, 0.15) is 43.4 Å². The summed E-state index contributed by atoms with van der Waals surface area (Å²) in [5, 5.41) is 18.0. The van der Waals surface area contributed by atoms with E-state index < -0.39 is 17.9 Å². The van der Waals surface area contributed by atoms with Crippen LogP contribution >= 0.6 is 0 Å². The summed E-state index contributed by atoms with van der Waals surface area (Å²) in [7, 11) is 3.88. The monoisotopic (exact) mass is 376 g/mol. The minimum Gasteiger partial charge on any atom is -0.481 e. The number of rotatable bonds is 7. The normalized spacial score (nSPS) is 22.2. The first-order valence-electron chi connectivity index (χ1n) is 9.54. The van der Waals surface area contributed by atoms with E-state index in [9.17, 15) is 9.59 Å². The molecular formula is C19H28N4O4. The molecule has 2 N–H and O–H groups in total. The van der Waals surface area contributed by atoms with Crippen molar-refractivity contribution in [3.8, 4) is 0 Å². The third-order valence-electron chi connectivity index (χ3n) is 5.85. The molecule has 8 heteroatoms. The Bertz CT molecular complexity index is 706. The maximum Gasteiger partial charge on any atom is 0.317 e. The van der Waals surface area contributed by atoms with Crippen molar-refractivity contribution < 1.29 is 19.8 Å². The van der Waals surface area contributed by atoms with E-state index in [0.717, 1.165) is 51.3 Å². The van der Waals surface area contributed by atoms with E-state index in [1.54, 1.807) is 0 Å². The van der Waals surface area contributed by atoms with Crippen LogP contribution < -0.4 is 4.90 Å². The molecule has 1 aliphatic carbocycles. The molecule has 0 bridgehead atoms. The lowest BCUT2D eigenvalue weighted by Crippen LogP contribution is -2.45. The molecule has 3 rings (SSSR count). The number of aliphatic carboxylic acids is 2. The fraction of sp³-hybridized carbons (Fsp3) is 0.684. The lowest BCUT2D eigenvalue weighted by molar-refractivity contribution is -0.154. The van der Waals surface area contributed by atoms with Crippen LogP contribution in [0.5, 0.6) is 0 Å². The summed E-state index contributed by atoms with van der Waals surface area (Å²) in [6, 6.07) is 0. The number of anilines is 1. The van der Waals surface area contributed by atoms with Gasteiger partial charge in [-0.1, -0.05) is 0 Å². The standard InChI is InChI=1S/C19H28N4O4/c1-22(2)18-20-11-13-6-8-19(15(13)21-18)7-4-10-23(12-19)9-3-5-14(16(24)25)17(26)27/h11,14H,3-10,12H2,1-2H3,(H,24,25)(H,26,27). The fourth-order valence-corrected chi connectivity index (χ4v) is 4.43. The predicted octanol–water partition coefficient (Wildman–Crippen LogP) is 1.39. The van der Waals surface area contributed by atoms with Crippen molar-refractivity contribution in [3.63, 3.8) is 0 Å². The third-order valence-corrected chi connectivity index (χ3v) is 5.85. The number of piperidine rings is 1. The van der Waals surface area contributed by atoms with Crippen LogP contribution in [0.25, 0.3) is 0 Å². The van der Waals surface area contributed by atoms with Crippen LogP contribution in [0.15, 0.2) is 6.20 Å². The van der Waals surface area contributed by atoms with E-state index in [2.05, 4.69) is 9.88 Å². The molecule has 1 aliphatic heterocycles. The first-order valence-corrected chi connectivity index (χ1v) is 9.54. The van der Waals surface area contributed by atoms with Crippen LogP contribution in [-0.4, -0.2) is 70.7 Å². The molecule has 1 atom stereocenters. The van der Waals surface area contributed by atoms with Crippen molar-refractivity contribution in [2.24, 2.45) is 5.92 Å². The molecular weight excluding hydrogens is 348 g/mol. The quantitative estimate of drug-likeness (QED) is 0.688. The second kappa shape index (κ2) is 7.80. The lowest BCUT2D eigenvalue weighted by Gasteiger charge is -2.40. The number of carboxylic acid groups (broad SMARTS) is 2. The Morgan fingerprint density at radius 2 is 2.04 bits per heavy atom. The van der Waals surface area contributed by atoms with E-state index in [4.69, 9.17) is 15.2 Å². The Kier molecular flexibility index (Phi) is 5.64. The summed E-state index contributed by atoms with van der Waals surface area (Å²) in [6.45, 7) is 2.59. The number of aromatic nitrogens is 2. The molecule has 1 saturated heterocycles. The van der Waals surface area contributed by atoms with Gasteiger partial charge in [0.05, 0.1) is 5.69 Å². The van der Waals surface area contributed by atoms with Crippen LogP contribution in [0.4, 0.5) is 5.95 Å². The Morgan fingerprint density at radius 1 is 1.30 bits per heavy atom. The molecule has 1 spiro atoms. The number of aryl methyl sites for hydroxylation is 1. The first kappa shape index (κ1) is 19.5. The van der Waals surface area contributed by atoms with Gasteiger partial charge in [-0.2, -0.15) is 0 Å². The highest BCUT2D eigenvalue weighted by Crippen LogP contribution is 2.44. The molecule has 1 aromatic heterocycles. The predicted molar refractivity (Wildman–Crippen MR) is 100 cm³/mol. The highest BCUT2D eigenvalue weighted by atomic mass is 16.4. The van der Waals surface area contributed by atoms with Gasteiger partial charge in [-0.3, -0.25) is 9.59 Å². The van der Waals surface area contributed by atoms with Gasteiger partial charge < -0.3 is 20.0 Å². The van der Waals surface area contributed by atoms with Crippen LogP contribution in [0, 0.1) is 5.92 Å². The molecule has 27 heavy (non-hydrogen) atoms. The molecule has 0 radical (unpaired) electrons. The van der Waals surface area contributed by atoms with Crippen LogP contribution in [0.2, 0.25) is 0 Å². The zero-order valence-electron chi connectivity index (χ0n) is 16.0. The lowest BCUT2D eigenvalue weighted by atomic mass is 9.77. The Morgan fingerprint density at radius 3 is 2.70 bits per heavy atom. The van der Waals surface area contributed by atoms with Crippen LogP contribution in [-0.2, 0) is 21.4 Å². The SMILES string of the molecule is CN(C)c1ncc2c(n1)C1(CCCN(CCCC(C(=O)O)C(=O)O)C1)CC2. The largest absolute Gasteiger partial charge is 0.481 e. The molecule has 1 unspecified atom stereocenters. The topological polar surface area (TPSA) is 107 Å². The van der Waals surface area contributed by atoms with Crippen molar-refractivity contribution in [1.82, 2.24) is 14.9 Å². The van der Waals surface area contributed by atoms with Gasteiger partial charge in [0.2, 0.25) is 5.95 Å². The van der Waals surface area contributed by atoms with Crippen molar-refractivity contribution in [3.05, 3.63) is 17.5 Å². The first-order chi connectivity index (χ1) is 12.8. The number of carboxylic acids is 2. The van der Waals surface area contributed by atoms with Gasteiger partial charge in [0, 0.05) is 32.3 Å². The number of hydrogen-bond donors (Lipinski definition) is 2. The molecule has 0 aromatic carbocycles. The van der Waals surface area contributed by atoms with Crippen molar-refractivity contribution in [2.45, 2.75) is 43.9 Å². The smallest absolute Gasteiger partial charge is 0.317 e. The molecule has 2 heterocycles. The minimum absolute atomic E-state index is 0.0419. The van der Waals surface area contributed by atoms with E-state index >= 15 is 0 Å². The highest BCUT2D eigenvalue weighted by Gasteiger charge is 2.43. The zero-order chi connectivity index (χ0) is 19.6. The van der Waals surface area contributed by atoms with Gasteiger partial charge >= 0.3 is 11.9 Å². The summed E-state index contributed by atoms with van der Waals surface area (Å²) in [4.78, 5) is 35.6. The van der Waals surface area contributed by atoms with E-state index in [0.29, 0.717) is 6.42 Å². The number of carbonyl (C=O) groups is 2.